The predicted octanol–water partition coefficient (Wildman–Crippen LogP) is 1.20. The highest BCUT2D eigenvalue weighted by atomic mass is 16.5. The average Bonchev–Trinajstić information content (AvgIpc) is 2.38. The number of benzene rings is 1. The smallest absolute Gasteiger partial charge is 0.0930 e. The van der Waals surface area contributed by atoms with Crippen LogP contribution in [0.1, 0.15) is 12.5 Å². The average molecular weight is 234 g/mol. The highest BCUT2D eigenvalue weighted by Gasteiger charge is 2.15. The van der Waals surface area contributed by atoms with Gasteiger partial charge in [-0.2, -0.15) is 0 Å². The van der Waals surface area contributed by atoms with Crippen LogP contribution < -0.4 is 0 Å². The van der Waals surface area contributed by atoms with E-state index in [2.05, 4.69) is 11.8 Å². The zero-order chi connectivity index (χ0) is 12.5. The first-order valence-corrected chi connectivity index (χ1v) is 5.60. The van der Waals surface area contributed by atoms with Gasteiger partial charge in [0.1, 0.15) is 0 Å². The Labute approximate surface area is 102 Å². The first-order chi connectivity index (χ1) is 8.27. The van der Waals surface area contributed by atoms with Crippen LogP contribution in [0.5, 0.6) is 0 Å². The van der Waals surface area contributed by atoms with Crippen molar-refractivity contribution in [2.45, 2.75) is 19.6 Å². The maximum Gasteiger partial charge on any atom is 0.0930 e. The lowest BCUT2D eigenvalue weighted by Gasteiger charge is -2.16. The number of hydrogen-bond donors (Lipinski definition) is 2. The Kier molecular flexibility index (Phi) is 6.34. The van der Waals surface area contributed by atoms with Gasteiger partial charge in [-0.05, 0) is 12.5 Å². The second-order valence-corrected chi connectivity index (χ2v) is 3.75. The van der Waals surface area contributed by atoms with Crippen LogP contribution in [-0.4, -0.2) is 29.5 Å². The highest BCUT2D eigenvalue weighted by Crippen LogP contribution is 2.06. The standard InChI is InChI=1S/C14H18O3/c1-2-6-13(14(16)9-15)11-17-10-12-7-4-3-5-8-12/h3-5,7-8,13-16H,9-11H2,1H3/t13-,14+/m1/s1. The summed E-state index contributed by atoms with van der Waals surface area (Å²) in [6.45, 7) is 2.21. The summed E-state index contributed by atoms with van der Waals surface area (Å²) in [5.41, 5.74) is 1.08. The fourth-order valence-corrected chi connectivity index (χ4v) is 1.44. The summed E-state index contributed by atoms with van der Waals surface area (Å²) in [6.07, 6.45) is -0.849. The van der Waals surface area contributed by atoms with Crippen LogP contribution >= 0.6 is 0 Å². The first kappa shape index (κ1) is 13.7. The number of aliphatic hydroxyl groups is 2. The summed E-state index contributed by atoms with van der Waals surface area (Å²) in [7, 11) is 0. The fourth-order valence-electron chi connectivity index (χ4n) is 1.44. The van der Waals surface area contributed by atoms with Crippen molar-refractivity contribution in [1.82, 2.24) is 0 Å². The summed E-state index contributed by atoms with van der Waals surface area (Å²) >= 11 is 0. The van der Waals surface area contributed by atoms with Gasteiger partial charge in [-0.1, -0.05) is 36.3 Å². The molecule has 17 heavy (non-hydrogen) atoms. The molecule has 0 unspecified atom stereocenters. The molecular formula is C14H18O3. The van der Waals surface area contributed by atoms with Crippen molar-refractivity contribution in [1.29, 1.82) is 0 Å². The lowest BCUT2D eigenvalue weighted by Crippen LogP contribution is -2.27. The third kappa shape index (κ3) is 5.01. The van der Waals surface area contributed by atoms with Gasteiger partial charge in [-0.3, -0.25) is 0 Å². The van der Waals surface area contributed by atoms with Crippen molar-refractivity contribution in [3.05, 3.63) is 35.9 Å². The summed E-state index contributed by atoms with van der Waals surface area (Å²) in [4.78, 5) is 0. The fraction of sp³-hybridized carbons (Fsp3) is 0.429. The molecule has 0 aliphatic carbocycles. The van der Waals surface area contributed by atoms with Crippen molar-refractivity contribution < 1.29 is 14.9 Å². The van der Waals surface area contributed by atoms with Gasteiger partial charge < -0.3 is 14.9 Å². The van der Waals surface area contributed by atoms with Gasteiger partial charge >= 0.3 is 0 Å². The van der Waals surface area contributed by atoms with Crippen molar-refractivity contribution in [3.63, 3.8) is 0 Å². The summed E-state index contributed by atoms with van der Waals surface area (Å²) < 4.78 is 5.48. The first-order valence-electron chi connectivity index (χ1n) is 5.60. The number of hydrogen-bond acceptors (Lipinski definition) is 3. The Morgan fingerprint density at radius 3 is 2.59 bits per heavy atom. The molecule has 0 bridgehead atoms. The van der Waals surface area contributed by atoms with Crippen LogP contribution in [-0.2, 0) is 11.3 Å². The zero-order valence-corrected chi connectivity index (χ0v) is 9.97. The van der Waals surface area contributed by atoms with Gasteiger partial charge in [0, 0.05) is 0 Å². The van der Waals surface area contributed by atoms with E-state index in [1.54, 1.807) is 6.92 Å². The van der Waals surface area contributed by atoms with E-state index in [9.17, 15) is 5.11 Å². The predicted molar refractivity (Wildman–Crippen MR) is 66.1 cm³/mol. The molecule has 0 heterocycles. The quantitative estimate of drug-likeness (QED) is 0.727. The highest BCUT2D eigenvalue weighted by molar-refractivity contribution is 5.13. The Bertz CT molecular complexity index is 364. The van der Waals surface area contributed by atoms with E-state index in [1.165, 1.54) is 0 Å². The summed E-state index contributed by atoms with van der Waals surface area (Å²) in [5.74, 6) is 5.23. The van der Waals surface area contributed by atoms with Crippen molar-refractivity contribution in [2.24, 2.45) is 5.92 Å². The third-order valence-corrected chi connectivity index (χ3v) is 2.39. The van der Waals surface area contributed by atoms with Gasteiger partial charge in [0.2, 0.25) is 0 Å². The molecule has 1 aromatic carbocycles. The van der Waals surface area contributed by atoms with Gasteiger partial charge in [0.05, 0.1) is 31.8 Å². The van der Waals surface area contributed by atoms with Crippen LogP contribution in [0.4, 0.5) is 0 Å². The van der Waals surface area contributed by atoms with E-state index in [0.29, 0.717) is 13.2 Å². The van der Waals surface area contributed by atoms with E-state index < -0.39 is 6.10 Å². The zero-order valence-electron chi connectivity index (χ0n) is 9.97. The molecule has 3 heteroatoms. The van der Waals surface area contributed by atoms with E-state index in [4.69, 9.17) is 9.84 Å². The lowest BCUT2D eigenvalue weighted by atomic mass is 10.1. The summed E-state index contributed by atoms with van der Waals surface area (Å²) in [6, 6.07) is 9.80. The van der Waals surface area contributed by atoms with Gasteiger partial charge in [-0.25, -0.2) is 0 Å². The third-order valence-electron chi connectivity index (χ3n) is 2.39. The molecule has 2 N–H and O–H groups in total. The SMILES string of the molecule is CC#C[C@H](COCc1ccccc1)[C@@H](O)CO. The minimum atomic E-state index is -0.849. The molecule has 1 aromatic rings. The molecule has 0 saturated carbocycles. The van der Waals surface area contributed by atoms with Crippen LogP contribution in [0.2, 0.25) is 0 Å². The van der Waals surface area contributed by atoms with Crippen LogP contribution in [0.25, 0.3) is 0 Å². The van der Waals surface area contributed by atoms with Gasteiger partial charge in [0.25, 0.3) is 0 Å². The van der Waals surface area contributed by atoms with E-state index >= 15 is 0 Å². The maximum absolute atomic E-state index is 9.51. The Morgan fingerprint density at radius 2 is 2.00 bits per heavy atom. The molecule has 0 spiro atoms. The molecule has 0 aliphatic rings. The van der Waals surface area contributed by atoms with E-state index in [0.717, 1.165) is 5.56 Å². The molecule has 0 saturated heterocycles. The minimum absolute atomic E-state index is 0.298. The van der Waals surface area contributed by atoms with Gasteiger partial charge in [-0.15, -0.1) is 5.92 Å². The molecule has 0 aliphatic heterocycles. The molecule has 3 nitrogen and oxygen atoms in total. The molecule has 0 radical (unpaired) electrons. The van der Waals surface area contributed by atoms with Crippen molar-refractivity contribution >= 4 is 0 Å². The van der Waals surface area contributed by atoms with E-state index in [1.807, 2.05) is 30.3 Å². The second kappa shape index (κ2) is 7.86. The molecule has 92 valence electrons. The molecule has 0 amide bonds. The second-order valence-electron chi connectivity index (χ2n) is 3.75. The largest absolute Gasteiger partial charge is 0.394 e. The Balaban J connectivity index is 2.39. The van der Waals surface area contributed by atoms with Gasteiger partial charge in [0.15, 0.2) is 0 Å². The van der Waals surface area contributed by atoms with E-state index in [-0.39, 0.29) is 12.5 Å². The normalized spacial score (nSPS) is 13.6. The Morgan fingerprint density at radius 1 is 1.29 bits per heavy atom. The Hall–Kier alpha value is -1.34. The molecule has 0 fully saturated rings. The lowest BCUT2D eigenvalue weighted by molar-refractivity contribution is 0.0159. The monoisotopic (exact) mass is 234 g/mol. The summed E-state index contributed by atoms with van der Waals surface area (Å²) in [5, 5.41) is 18.4. The van der Waals surface area contributed by atoms with Crippen LogP contribution in [0.15, 0.2) is 30.3 Å². The molecule has 2 atom stereocenters. The van der Waals surface area contributed by atoms with Crippen molar-refractivity contribution in [3.8, 4) is 11.8 Å². The number of ether oxygens (including phenoxy) is 1. The minimum Gasteiger partial charge on any atom is -0.394 e. The molecular weight excluding hydrogens is 216 g/mol. The maximum atomic E-state index is 9.51. The molecule has 1 rings (SSSR count). The van der Waals surface area contributed by atoms with Crippen molar-refractivity contribution in [2.75, 3.05) is 13.2 Å². The van der Waals surface area contributed by atoms with Crippen LogP contribution in [0.3, 0.4) is 0 Å². The number of rotatable bonds is 6. The number of aliphatic hydroxyl groups excluding tert-OH is 2. The molecule has 0 aromatic heterocycles. The topological polar surface area (TPSA) is 49.7 Å². The van der Waals surface area contributed by atoms with Crippen LogP contribution in [0, 0.1) is 17.8 Å².